The lowest BCUT2D eigenvalue weighted by atomic mass is 10.0. The number of halogens is 1. The van der Waals surface area contributed by atoms with Gasteiger partial charge >= 0.3 is 6.03 Å². The quantitative estimate of drug-likeness (QED) is 0.529. The molecule has 2 saturated heterocycles. The van der Waals surface area contributed by atoms with Crippen LogP contribution in [0.5, 0.6) is 5.75 Å². The van der Waals surface area contributed by atoms with E-state index in [0.717, 1.165) is 25.9 Å². The summed E-state index contributed by atoms with van der Waals surface area (Å²) in [4.78, 5) is 32.2. The van der Waals surface area contributed by atoms with Gasteiger partial charge in [-0.3, -0.25) is 0 Å². The minimum absolute atomic E-state index is 0.115. The molecule has 11 nitrogen and oxygen atoms in total. The van der Waals surface area contributed by atoms with Crippen LogP contribution in [-0.4, -0.2) is 75.3 Å². The molecule has 2 amide bonds. The molecule has 1 atom stereocenters. The first-order valence-electron chi connectivity index (χ1n) is 13.0. The Morgan fingerprint density at radius 3 is 2.71 bits per heavy atom. The number of methoxy groups -OCH3 is 1. The number of fused-ring (bicyclic) bond motifs is 1. The number of aliphatic imine (C=N–C) groups is 1. The maximum Gasteiger partial charge on any atom is 0.320 e. The number of urea groups is 1. The third-order valence-electron chi connectivity index (χ3n) is 7.49. The Balaban J connectivity index is 1.19. The van der Waals surface area contributed by atoms with Gasteiger partial charge in [-0.25, -0.2) is 34.0 Å². The van der Waals surface area contributed by atoms with Crippen molar-refractivity contribution in [2.45, 2.75) is 44.4 Å². The summed E-state index contributed by atoms with van der Waals surface area (Å²) in [6.45, 7) is 4.79. The van der Waals surface area contributed by atoms with Gasteiger partial charge in [0, 0.05) is 50.8 Å². The summed E-state index contributed by atoms with van der Waals surface area (Å²) < 4.78 is 21.0. The van der Waals surface area contributed by atoms with E-state index in [4.69, 9.17) is 19.6 Å². The summed E-state index contributed by atoms with van der Waals surface area (Å²) in [5.41, 5.74) is 4.26. The van der Waals surface area contributed by atoms with E-state index < -0.39 is 5.72 Å². The predicted octanol–water partition coefficient (Wildman–Crippen LogP) is 3.34. The molecule has 0 radical (unpaired) electrons. The lowest BCUT2D eigenvalue weighted by Crippen LogP contribution is -2.50. The second-order valence-electron chi connectivity index (χ2n) is 9.97. The summed E-state index contributed by atoms with van der Waals surface area (Å²) >= 11 is 0. The molecule has 0 saturated carbocycles. The molecule has 0 unspecified atom stereocenters. The van der Waals surface area contributed by atoms with Crippen LogP contribution in [-0.2, 0) is 4.84 Å². The van der Waals surface area contributed by atoms with Crippen LogP contribution < -0.4 is 15.5 Å². The zero-order valence-electron chi connectivity index (χ0n) is 21.5. The van der Waals surface area contributed by atoms with E-state index in [1.54, 1.807) is 36.2 Å². The van der Waals surface area contributed by atoms with Crippen LogP contribution in [0.1, 0.15) is 49.8 Å². The number of nitrogens with zero attached hydrogens (tertiary/aromatic N) is 6. The molecule has 0 aliphatic carbocycles. The average molecular weight is 523 g/mol. The van der Waals surface area contributed by atoms with Crippen molar-refractivity contribution in [3.63, 3.8) is 0 Å². The van der Waals surface area contributed by atoms with Gasteiger partial charge in [0.25, 0.3) is 0 Å². The van der Waals surface area contributed by atoms with Gasteiger partial charge < -0.3 is 19.9 Å². The van der Waals surface area contributed by atoms with Crippen molar-refractivity contribution in [1.82, 2.24) is 29.9 Å². The van der Waals surface area contributed by atoms with Crippen molar-refractivity contribution in [2.24, 2.45) is 4.99 Å². The molecule has 200 valence electrons. The summed E-state index contributed by atoms with van der Waals surface area (Å²) in [5.74, 6) is 1.42. The number of ether oxygens (including phenoxy) is 1. The van der Waals surface area contributed by atoms with E-state index in [1.165, 1.54) is 12.1 Å². The normalized spacial score (nSPS) is 19.5. The van der Waals surface area contributed by atoms with Crippen LogP contribution in [0.2, 0.25) is 0 Å². The van der Waals surface area contributed by atoms with Crippen molar-refractivity contribution in [1.29, 1.82) is 0 Å². The van der Waals surface area contributed by atoms with Gasteiger partial charge in [-0.05, 0) is 44.0 Å². The van der Waals surface area contributed by atoms with Gasteiger partial charge in [0.05, 0.1) is 24.9 Å². The fraction of sp³-hybridized carbons (Fsp3) is 0.462. The number of aromatic nitrogens is 3. The molecule has 3 aliphatic rings. The fourth-order valence-electron chi connectivity index (χ4n) is 5.34. The number of amidine groups is 1. The van der Waals surface area contributed by atoms with Crippen LogP contribution >= 0.6 is 0 Å². The first-order chi connectivity index (χ1) is 18.4. The van der Waals surface area contributed by atoms with Gasteiger partial charge in [0.2, 0.25) is 0 Å². The van der Waals surface area contributed by atoms with E-state index >= 15 is 0 Å². The molecule has 2 fully saturated rings. The van der Waals surface area contributed by atoms with Gasteiger partial charge in [-0.15, -0.1) is 0 Å². The zero-order valence-corrected chi connectivity index (χ0v) is 21.5. The SMILES string of the molecule is COc1ccc(F)cc1[C@@H](C)Nc1ccn2ncc(C3=NC4(CCN(C(=O)N5CCCC5)CC4)ON3)c2n1. The monoisotopic (exact) mass is 522 g/mol. The van der Waals surface area contributed by atoms with E-state index in [9.17, 15) is 9.18 Å². The van der Waals surface area contributed by atoms with Crippen molar-refractivity contribution in [3.8, 4) is 5.75 Å². The maximum absolute atomic E-state index is 13.9. The van der Waals surface area contributed by atoms with Gasteiger partial charge in [-0.2, -0.15) is 5.10 Å². The van der Waals surface area contributed by atoms with E-state index in [-0.39, 0.29) is 17.9 Å². The summed E-state index contributed by atoms with van der Waals surface area (Å²) in [6.07, 6.45) is 6.87. The number of carbonyl (C=O) groups is 1. The van der Waals surface area contributed by atoms with E-state index in [2.05, 4.69) is 15.9 Å². The Hall–Kier alpha value is -3.93. The first kappa shape index (κ1) is 24.4. The highest BCUT2D eigenvalue weighted by Gasteiger charge is 2.42. The Morgan fingerprint density at radius 2 is 1.95 bits per heavy atom. The fourth-order valence-corrected chi connectivity index (χ4v) is 5.34. The Kier molecular flexibility index (Phi) is 6.26. The topological polar surface area (TPSA) is 109 Å². The highest BCUT2D eigenvalue weighted by atomic mass is 19.1. The lowest BCUT2D eigenvalue weighted by molar-refractivity contribution is -0.0849. The van der Waals surface area contributed by atoms with Crippen LogP contribution in [0.15, 0.2) is 41.7 Å². The van der Waals surface area contributed by atoms with Crippen LogP contribution in [0, 0.1) is 5.82 Å². The van der Waals surface area contributed by atoms with Crippen molar-refractivity contribution < 1.29 is 18.8 Å². The molecule has 0 bridgehead atoms. The summed E-state index contributed by atoms with van der Waals surface area (Å²) in [5, 5.41) is 7.74. The minimum atomic E-state index is -0.719. The lowest BCUT2D eigenvalue weighted by Gasteiger charge is -2.37. The molecule has 38 heavy (non-hydrogen) atoms. The Labute approximate surface area is 219 Å². The molecule has 2 N–H and O–H groups in total. The summed E-state index contributed by atoms with van der Waals surface area (Å²) in [7, 11) is 1.56. The molecule has 3 aromatic rings. The largest absolute Gasteiger partial charge is 0.496 e. The molecular weight excluding hydrogens is 491 g/mol. The van der Waals surface area contributed by atoms with Crippen LogP contribution in [0.4, 0.5) is 15.0 Å². The number of likely N-dealkylation sites (tertiary alicyclic amines) is 2. The van der Waals surface area contributed by atoms with Gasteiger partial charge in [0.15, 0.2) is 17.2 Å². The Bertz CT molecular complexity index is 1380. The highest BCUT2D eigenvalue weighted by Crippen LogP contribution is 2.33. The number of piperidine rings is 1. The van der Waals surface area contributed by atoms with Crippen molar-refractivity contribution in [3.05, 3.63) is 53.6 Å². The molecule has 12 heteroatoms. The number of nitrogens with one attached hydrogen (secondary N) is 2. The minimum Gasteiger partial charge on any atom is -0.496 e. The molecule has 5 heterocycles. The third kappa shape index (κ3) is 4.49. The molecule has 6 rings (SSSR count). The molecule has 1 spiro atoms. The third-order valence-corrected chi connectivity index (χ3v) is 7.49. The number of hydroxylamine groups is 1. The number of hydrogen-bond donors (Lipinski definition) is 2. The smallest absolute Gasteiger partial charge is 0.320 e. The highest BCUT2D eigenvalue weighted by molar-refractivity contribution is 6.04. The van der Waals surface area contributed by atoms with Crippen molar-refractivity contribution >= 4 is 23.3 Å². The molecular formula is C26H31FN8O3. The van der Waals surface area contributed by atoms with E-state index in [0.29, 0.717) is 60.1 Å². The van der Waals surface area contributed by atoms with Crippen molar-refractivity contribution in [2.75, 3.05) is 38.6 Å². The van der Waals surface area contributed by atoms with Crippen LogP contribution in [0.3, 0.4) is 0 Å². The second-order valence-corrected chi connectivity index (χ2v) is 9.97. The number of hydrogen-bond acceptors (Lipinski definition) is 8. The molecule has 1 aromatic carbocycles. The standard InChI is InChI=1S/C26H31FN8O3/c1-17(19-15-18(27)5-6-21(19)37-2)29-22-7-12-35-24(30-22)20(16-28-35)23-31-26(38-32-23)8-13-34(14-9-26)25(36)33-10-3-4-11-33/h5-7,12,15-17H,3-4,8-11,13-14H2,1-2H3,(H,29,30)(H,31,32)/t17-/m1/s1. The first-order valence-corrected chi connectivity index (χ1v) is 13.0. The van der Waals surface area contributed by atoms with Gasteiger partial charge in [0.1, 0.15) is 17.4 Å². The van der Waals surface area contributed by atoms with Crippen LogP contribution in [0.25, 0.3) is 5.65 Å². The number of carbonyl (C=O) groups excluding carboxylic acids is 1. The maximum atomic E-state index is 13.9. The zero-order chi connectivity index (χ0) is 26.3. The summed E-state index contributed by atoms with van der Waals surface area (Å²) in [6, 6.07) is 6.10. The molecule has 3 aliphatic heterocycles. The second kappa shape index (κ2) is 9.75. The van der Waals surface area contributed by atoms with E-state index in [1.807, 2.05) is 16.7 Å². The number of amides is 2. The number of rotatable bonds is 5. The van der Waals surface area contributed by atoms with Gasteiger partial charge in [-0.1, -0.05) is 0 Å². The number of anilines is 1. The average Bonchev–Trinajstić information content (AvgIpc) is 3.69. The predicted molar refractivity (Wildman–Crippen MR) is 138 cm³/mol. The number of benzene rings is 1. The molecule has 2 aromatic heterocycles. The Morgan fingerprint density at radius 1 is 1.18 bits per heavy atom.